The maximum atomic E-state index is 13.1. The molecule has 1 saturated heterocycles. The third kappa shape index (κ3) is 17.7. The summed E-state index contributed by atoms with van der Waals surface area (Å²) in [5, 5.41) is 0.546. The molecular weight excluding hydrogens is 1050 g/mol. The average Bonchev–Trinajstić information content (AvgIpc) is 3.83. The Balaban J connectivity index is 1.41. The van der Waals surface area contributed by atoms with Gasteiger partial charge in [-0.3, -0.25) is 22.1 Å². The average molecular weight is 1120 g/mol. The Kier molecular flexibility index (Phi) is 24.1. The second-order valence-corrected chi connectivity index (χ2v) is 24.5. The highest BCUT2D eigenvalue weighted by molar-refractivity contribution is 7.87. The molecule has 0 saturated carbocycles. The number of hydrogen-bond donors (Lipinski definition) is 0. The number of imide groups is 1. The van der Waals surface area contributed by atoms with E-state index in [-0.39, 0.29) is 41.1 Å². The molecule has 2 aromatic rings. The summed E-state index contributed by atoms with van der Waals surface area (Å²) in [5.74, 6) is -1.02. The molecule has 2 aromatic carbocycles. The third-order valence-corrected chi connectivity index (χ3v) is 16.7. The molecule has 0 spiro atoms. The number of nitrogens with zero attached hydrogens (tertiary/aromatic N) is 3. The van der Waals surface area contributed by atoms with Crippen molar-refractivity contribution in [3.8, 4) is 5.75 Å². The summed E-state index contributed by atoms with van der Waals surface area (Å²) in [6.07, 6.45) is 10.3. The van der Waals surface area contributed by atoms with E-state index in [0.717, 1.165) is 48.0 Å². The maximum absolute atomic E-state index is 13.1. The van der Waals surface area contributed by atoms with Crippen molar-refractivity contribution in [1.29, 1.82) is 0 Å². The van der Waals surface area contributed by atoms with Crippen LogP contribution in [-0.2, 0) is 87.4 Å². The molecule has 3 aliphatic heterocycles. The van der Waals surface area contributed by atoms with Crippen molar-refractivity contribution in [1.82, 2.24) is 5.06 Å². The first kappa shape index (κ1) is 62.3. The van der Waals surface area contributed by atoms with Crippen LogP contribution in [0.5, 0.6) is 5.75 Å². The minimum atomic E-state index is -4.08. The number of ether oxygens (including phenoxy) is 5. The Hall–Kier alpha value is -4.56. The highest BCUT2D eigenvalue weighted by Gasteiger charge is 2.44. The van der Waals surface area contributed by atoms with Gasteiger partial charge in [0, 0.05) is 85.9 Å². The zero-order valence-corrected chi connectivity index (χ0v) is 47.7. The number of hydrogen-bond acceptors (Lipinski definition) is 19. The van der Waals surface area contributed by atoms with E-state index in [4.69, 9.17) is 41.1 Å². The molecule has 20 nitrogen and oxygen atoms in total. The van der Waals surface area contributed by atoms with Crippen LogP contribution in [0.25, 0.3) is 5.57 Å². The molecule has 3 atom stereocenters. The summed E-state index contributed by atoms with van der Waals surface area (Å²) >= 11 is -1.53. The first-order chi connectivity index (χ1) is 36.2. The Labute approximate surface area is 451 Å². The highest BCUT2D eigenvalue weighted by atomic mass is 32.2. The number of carbonyl (C=O) groups is 3. The van der Waals surface area contributed by atoms with Crippen LogP contribution in [0.4, 0.5) is 11.4 Å². The van der Waals surface area contributed by atoms with E-state index in [1.54, 1.807) is 19.2 Å². The minimum absolute atomic E-state index is 0.00362. The molecule has 424 valence electrons. The van der Waals surface area contributed by atoms with Crippen molar-refractivity contribution < 1.29 is 76.5 Å². The normalized spacial score (nSPS) is 18.8. The standard InChI is InChI=1S/C53H77N3O17S3/c1-52(2,3)44-38-41(72-47-37-40(18-20-43(44)47)54(25-14-36-75(61,62)67-7)27-28-69-31-32-71-34-33-70-30-29-65-5)15-12-16-48-53(4,24-13-35-74(60)66-6)45-39-42(76(63,64)68-8)19-21-46(45)55(48)26-11-9-10-17-51(59)73-56-49(57)22-23-50(56)58/h12,15-16,18-21,37-39,41H,9-11,13-14,17,22-36H2,1-8H3/b15-12+,48-16+. The van der Waals surface area contributed by atoms with Gasteiger partial charge in [-0.2, -0.15) is 16.8 Å². The molecular formula is C53H77N3O17S3. The smallest absolute Gasteiger partial charge is 0.333 e. The van der Waals surface area contributed by atoms with Crippen LogP contribution in [0.1, 0.15) is 96.6 Å². The molecule has 3 unspecified atom stereocenters. The first-order valence-corrected chi connectivity index (χ1v) is 29.8. The maximum Gasteiger partial charge on any atom is 0.333 e. The number of carbonyl (C=O) groups excluding carboxylic acids is 3. The molecule has 0 radical (unpaired) electrons. The van der Waals surface area contributed by atoms with Crippen LogP contribution in [0.15, 0.2) is 71.3 Å². The molecule has 5 rings (SSSR count). The number of fused-ring (bicyclic) bond motifs is 2. The third-order valence-electron chi connectivity index (χ3n) is 13.2. The molecule has 2 amide bonds. The van der Waals surface area contributed by atoms with Crippen LogP contribution >= 0.6 is 0 Å². The molecule has 0 bridgehead atoms. The van der Waals surface area contributed by atoms with E-state index in [0.29, 0.717) is 115 Å². The van der Waals surface area contributed by atoms with Gasteiger partial charge in [0.2, 0.25) is 0 Å². The number of benzene rings is 2. The van der Waals surface area contributed by atoms with Crippen LogP contribution in [0, 0.1) is 5.41 Å². The molecule has 23 heteroatoms. The van der Waals surface area contributed by atoms with E-state index in [2.05, 4.69) is 36.6 Å². The number of allylic oxidation sites excluding steroid dienone is 4. The monoisotopic (exact) mass is 1120 g/mol. The van der Waals surface area contributed by atoms with Crippen molar-refractivity contribution in [2.75, 3.05) is 116 Å². The van der Waals surface area contributed by atoms with E-state index in [1.807, 2.05) is 43.4 Å². The van der Waals surface area contributed by atoms with Crippen molar-refractivity contribution in [3.63, 3.8) is 0 Å². The Morgan fingerprint density at radius 2 is 1.53 bits per heavy atom. The fourth-order valence-electron chi connectivity index (χ4n) is 9.15. The lowest BCUT2D eigenvalue weighted by Crippen LogP contribution is -2.32. The summed E-state index contributed by atoms with van der Waals surface area (Å²) < 4.78 is 107. The number of amides is 2. The van der Waals surface area contributed by atoms with Gasteiger partial charge in [-0.05, 0) is 104 Å². The molecule has 1 fully saturated rings. The van der Waals surface area contributed by atoms with Gasteiger partial charge < -0.3 is 38.3 Å². The quantitative estimate of drug-likeness (QED) is 0.0411. The Morgan fingerprint density at radius 1 is 0.842 bits per heavy atom. The van der Waals surface area contributed by atoms with E-state index in [1.165, 1.54) is 13.2 Å². The number of anilines is 2. The number of methoxy groups -OCH3 is 1. The van der Waals surface area contributed by atoms with Gasteiger partial charge in [0.15, 0.2) is 11.1 Å². The van der Waals surface area contributed by atoms with Crippen molar-refractivity contribution in [2.24, 2.45) is 5.41 Å². The lowest BCUT2D eigenvalue weighted by atomic mass is 9.77. The van der Waals surface area contributed by atoms with Gasteiger partial charge in [-0.15, -0.1) is 5.06 Å². The Bertz CT molecular complexity index is 2620. The summed E-state index contributed by atoms with van der Waals surface area (Å²) in [5.41, 5.74) is 4.09. The van der Waals surface area contributed by atoms with Crippen molar-refractivity contribution >= 4 is 66.0 Å². The highest BCUT2D eigenvalue weighted by Crippen LogP contribution is 2.52. The second kappa shape index (κ2) is 29.4. The predicted molar refractivity (Wildman–Crippen MR) is 288 cm³/mol. The fraction of sp³-hybridized carbons (Fsp3) is 0.604. The van der Waals surface area contributed by atoms with Crippen LogP contribution in [0.2, 0.25) is 0 Å². The molecule has 0 N–H and O–H groups in total. The number of unbranched alkanes of at least 4 members (excludes halogenated alkanes) is 2. The fourth-order valence-corrected chi connectivity index (χ4v) is 11.0. The lowest BCUT2D eigenvalue weighted by molar-refractivity contribution is -0.197. The SMILES string of the molecule is COCCOCCOCCOCCN(CCCS(=O)(=O)OC)c1ccc2c(c1)OC(/C=C/C=C1/N(CCCCCC(=O)ON3C(=O)CCC3=O)c3ccc(S(=O)(=O)OC)cc3C1(C)CCCS(=O)OC)C=C2C(C)(C)C. The topological polar surface area (TPSA) is 229 Å². The second-order valence-electron chi connectivity index (χ2n) is 19.5. The predicted octanol–water partition coefficient (Wildman–Crippen LogP) is 6.56. The van der Waals surface area contributed by atoms with Gasteiger partial charge in [0.1, 0.15) is 11.9 Å². The van der Waals surface area contributed by atoms with Crippen LogP contribution in [-0.4, -0.2) is 156 Å². The van der Waals surface area contributed by atoms with Gasteiger partial charge in [-0.25, -0.2) is 9.00 Å². The van der Waals surface area contributed by atoms with Crippen LogP contribution < -0.4 is 14.5 Å². The summed E-state index contributed by atoms with van der Waals surface area (Å²) in [6.45, 7) is 12.7. The van der Waals surface area contributed by atoms with Gasteiger partial charge in [0.05, 0.1) is 78.2 Å². The molecule has 0 aliphatic carbocycles. The van der Waals surface area contributed by atoms with Crippen LogP contribution in [0.3, 0.4) is 0 Å². The summed E-state index contributed by atoms with van der Waals surface area (Å²) in [6, 6.07) is 10.9. The zero-order chi connectivity index (χ0) is 55.5. The largest absolute Gasteiger partial charge is 0.482 e. The zero-order valence-electron chi connectivity index (χ0n) is 45.2. The van der Waals surface area contributed by atoms with Gasteiger partial charge >= 0.3 is 5.97 Å². The molecule has 3 heterocycles. The van der Waals surface area contributed by atoms with E-state index < -0.39 is 60.6 Å². The minimum Gasteiger partial charge on any atom is -0.482 e. The Morgan fingerprint density at radius 3 is 2.17 bits per heavy atom. The molecule has 76 heavy (non-hydrogen) atoms. The van der Waals surface area contributed by atoms with E-state index >= 15 is 0 Å². The van der Waals surface area contributed by atoms with E-state index in [9.17, 15) is 35.4 Å². The first-order valence-electron chi connectivity index (χ1n) is 25.6. The molecule has 3 aliphatic rings. The summed E-state index contributed by atoms with van der Waals surface area (Å²) in [7, 11) is -2.50. The lowest BCUT2D eigenvalue weighted by Gasteiger charge is -2.33. The van der Waals surface area contributed by atoms with Gasteiger partial charge in [-0.1, -0.05) is 33.3 Å². The van der Waals surface area contributed by atoms with Crippen molar-refractivity contribution in [3.05, 3.63) is 77.5 Å². The van der Waals surface area contributed by atoms with Gasteiger partial charge in [0.25, 0.3) is 32.1 Å². The van der Waals surface area contributed by atoms with Crippen molar-refractivity contribution in [2.45, 2.75) is 102 Å². The number of hydroxylamine groups is 2. The number of rotatable bonds is 34. The summed E-state index contributed by atoms with van der Waals surface area (Å²) in [4.78, 5) is 45.9. The molecule has 0 aromatic heterocycles.